The van der Waals surface area contributed by atoms with Gasteiger partial charge >= 0.3 is 0 Å². The van der Waals surface area contributed by atoms with Crippen LogP contribution in [-0.2, 0) is 35.4 Å². The predicted molar refractivity (Wildman–Crippen MR) is 138 cm³/mol. The van der Waals surface area contributed by atoms with Crippen molar-refractivity contribution in [2.24, 2.45) is 0 Å². The molecule has 3 aromatic rings. The minimum absolute atomic E-state index is 0.0959. The Morgan fingerprint density at radius 2 is 1.46 bits per heavy atom. The van der Waals surface area contributed by atoms with Gasteiger partial charge in [-0.3, -0.25) is 9.59 Å². The molecule has 0 aliphatic carbocycles. The summed E-state index contributed by atoms with van der Waals surface area (Å²) in [5.41, 5.74) is 4.12. The molecule has 1 atom stereocenters. The summed E-state index contributed by atoms with van der Waals surface area (Å²) in [5.74, 6) is -0.594. The second-order valence-corrected chi connectivity index (χ2v) is 8.81. The third-order valence-corrected chi connectivity index (χ3v) is 6.15. The quantitative estimate of drug-likeness (QED) is 0.378. The van der Waals surface area contributed by atoms with Crippen LogP contribution in [0.4, 0.5) is 4.39 Å². The van der Waals surface area contributed by atoms with Crippen LogP contribution < -0.4 is 5.32 Å². The molecular formula is C30H35FN2O2. The number of hydrogen-bond acceptors (Lipinski definition) is 2. The zero-order chi connectivity index (χ0) is 25.0. The summed E-state index contributed by atoms with van der Waals surface area (Å²) in [6, 6.07) is 23.5. The Morgan fingerprint density at radius 3 is 2.09 bits per heavy atom. The van der Waals surface area contributed by atoms with E-state index >= 15 is 0 Å². The van der Waals surface area contributed by atoms with Gasteiger partial charge in [-0.2, -0.15) is 0 Å². The molecule has 184 valence electrons. The van der Waals surface area contributed by atoms with Crippen molar-refractivity contribution in [3.05, 3.63) is 107 Å². The topological polar surface area (TPSA) is 49.4 Å². The first-order valence-corrected chi connectivity index (χ1v) is 12.4. The highest BCUT2D eigenvalue weighted by atomic mass is 19.1. The summed E-state index contributed by atoms with van der Waals surface area (Å²) < 4.78 is 13.5. The normalized spacial score (nSPS) is 11.6. The van der Waals surface area contributed by atoms with Gasteiger partial charge in [0.05, 0.1) is 0 Å². The molecule has 0 aromatic heterocycles. The third-order valence-electron chi connectivity index (χ3n) is 6.15. The maximum atomic E-state index is 13.6. The molecule has 2 amide bonds. The number of amides is 2. The van der Waals surface area contributed by atoms with Gasteiger partial charge in [0.2, 0.25) is 11.8 Å². The van der Waals surface area contributed by atoms with E-state index in [1.807, 2.05) is 37.3 Å². The lowest BCUT2D eigenvalue weighted by Gasteiger charge is -2.31. The number of carbonyl (C=O) groups excluding carboxylic acids is 2. The van der Waals surface area contributed by atoms with Gasteiger partial charge in [0.15, 0.2) is 0 Å². The van der Waals surface area contributed by atoms with E-state index < -0.39 is 6.04 Å². The standard InChI is InChI=1S/C30H35FN2O2/c1-3-20-32-30(35)28(21-25-8-6-5-7-9-25)33(22-26-14-17-27(31)18-15-26)29(34)19-16-24-12-10-23(4-2)11-13-24/h5-15,17-18,28H,3-4,16,19-22H2,1-2H3,(H,32,35)/t28-/m1/s1. The molecule has 0 heterocycles. The number of nitrogens with zero attached hydrogens (tertiary/aromatic N) is 1. The molecule has 5 heteroatoms. The lowest BCUT2D eigenvalue weighted by Crippen LogP contribution is -2.50. The van der Waals surface area contributed by atoms with E-state index in [4.69, 9.17) is 0 Å². The number of aryl methyl sites for hydroxylation is 2. The smallest absolute Gasteiger partial charge is 0.243 e. The summed E-state index contributed by atoms with van der Waals surface area (Å²) in [6.07, 6.45) is 3.08. The summed E-state index contributed by atoms with van der Waals surface area (Å²) in [6.45, 7) is 4.90. The van der Waals surface area contributed by atoms with Crippen molar-refractivity contribution in [1.82, 2.24) is 10.2 Å². The van der Waals surface area contributed by atoms with E-state index in [1.54, 1.807) is 17.0 Å². The Hall–Kier alpha value is -3.47. The first-order chi connectivity index (χ1) is 17.0. The maximum Gasteiger partial charge on any atom is 0.243 e. The van der Waals surface area contributed by atoms with Crippen LogP contribution in [0.1, 0.15) is 48.9 Å². The molecule has 0 radical (unpaired) electrons. The summed E-state index contributed by atoms with van der Waals surface area (Å²) >= 11 is 0. The maximum absolute atomic E-state index is 13.6. The average Bonchev–Trinajstić information content (AvgIpc) is 2.89. The second kappa shape index (κ2) is 13.4. The van der Waals surface area contributed by atoms with Crippen LogP contribution in [0.5, 0.6) is 0 Å². The van der Waals surface area contributed by atoms with Crippen LogP contribution in [0.3, 0.4) is 0 Å². The summed E-state index contributed by atoms with van der Waals surface area (Å²) in [4.78, 5) is 28.5. The largest absolute Gasteiger partial charge is 0.354 e. The lowest BCUT2D eigenvalue weighted by atomic mass is 10.0. The molecule has 0 fully saturated rings. The first kappa shape index (κ1) is 26.1. The summed E-state index contributed by atoms with van der Waals surface area (Å²) in [7, 11) is 0. The molecule has 0 saturated carbocycles. The van der Waals surface area contributed by atoms with Crippen LogP contribution in [0.25, 0.3) is 0 Å². The molecule has 1 N–H and O–H groups in total. The predicted octanol–water partition coefficient (Wildman–Crippen LogP) is 5.49. The third kappa shape index (κ3) is 8.06. The number of hydrogen-bond donors (Lipinski definition) is 1. The highest BCUT2D eigenvalue weighted by Crippen LogP contribution is 2.18. The van der Waals surface area contributed by atoms with Crippen LogP contribution >= 0.6 is 0 Å². The fourth-order valence-electron chi connectivity index (χ4n) is 4.04. The molecule has 0 unspecified atom stereocenters. The fraction of sp³-hybridized carbons (Fsp3) is 0.333. The van der Waals surface area contributed by atoms with Crippen molar-refractivity contribution in [3.63, 3.8) is 0 Å². The number of carbonyl (C=O) groups is 2. The Bertz CT molecular complexity index is 1070. The van der Waals surface area contributed by atoms with Crippen molar-refractivity contribution in [2.45, 2.75) is 58.5 Å². The van der Waals surface area contributed by atoms with Crippen LogP contribution in [0.2, 0.25) is 0 Å². The van der Waals surface area contributed by atoms with Crippen molar-refractivity contribution >= 4 is 11.8 Å². The van der Waals surface area contributed by atoms with Crippen molar-refractivity contribution in [3.8, 4) is 0 Å². The number of rotatable bonds is 12. The van der Waals surface area contributed by atoms with Gasteiger partial charge < -0.3 is 10.2 Å². The highest BCUT2D eigenvalue weighted by Gasteiger charge is 2.30. The Morgan fingerprint density at radius 1 is 0.829 bits per heavy atom. The van der Waals surface area contributed by atoms with Gasteiger partial charge in [-0.25, -0.2) is 4.39 Å². The Labute approximate surface area is 208 Å². The van der Waals surface area contributed by atoms with Crippen molar-refractivity contribution in [2.75, 3.05) is 6.54 Å². The summed E-state index contributed by atoms with van der Waals surface area (Å²) in [5, 5.41) is 2.98. The molecule has 0 aliphatic heterocycles. The Kier molecular flexibility index (Phi) is 10.0. The van der Waals surface area contributed by atoms with Gasteiger partial charge in [-0.05, 0) is 53.6 Å². The number of halogens is 1. The second-order valence-electron chi connectivity index (χ2n) is 8.81. The van der Waals surface area contributed by atoms with E-state index in [0.717, 1.165) is 29.5 Å². The minimum Gasteiger partial charge on any atom is -0.354 e. The van der Waals surface area contributed by atoms with Crippen molar-refractivity contribution < 1.29 is 14.0 Å². The molecule has 0 aliphatic rings. The molecule has 3 aromatic carbocycles. The zero-order valence-corrected chi connectivity index (χ0v) is 20.7. The molecule has 35 heavy (non-hydrogen) atoms. The monoisotopic (exact) mass is 474 g/mol. The van der Waals surface area contributed by atoms with Gasteiger partial charge in [-0.1, -0.05) is 80.6 Å². The van der Waals surface area contributed by atoms with Crippen LogP contribution in [0, 0.1) is 5.82 Å². The molecule has 0 spiro atoms. The van der Waals surface area contributed by atoms with Gasteiger partial charge in [0.25, 0.3) is 0 Å². The van der Waals surface area contributed by atoms with Crippen molar-refractivity contribution in [1.29, 1.82) is 0 Å². The van der Waals surface area contributed by atoms with Gasteiger partial charge in [-0.15, -0.1) is 0 Å². The number of nitrogens with one attached hydrogen (secondary N) is 1. The lowest BCUT2D eigenvalue weighted by molar-refractivity contribution is -0.141. The average molecular weight is 475 g/mol. The van der Waals surface area contributed by atoms with E-state index in [1.165, 1.54) is 17.7 Å². The zero-order valence-electron chi connectivity index (χ0n) is 20.7. The van der Waals surface area contributed by atoms with E-state index in [2.05, 4.69) is 36.5 Å². The molecule has 4 nitrogen and oxygen atoms in total. The number of benzene rings is 3. The Balaban J connectivity index is 1.86. The van der Waals surface area contributed by atoms with E-state index in [0.29, 0.717) is 25.8 Å². The molecule has 0 bridgehead atoms. The molecular weight excluding hydrogens is 439 g/mol. The van der Waals surface area contributed by atoms with Gasteiger partial charge in [0, 0.05) is 25.9 Å². The first-order valence-electron chi connectivity index (χ1n) is 12.4. The van der Waals surface area contributed by atoms with Crippen LogP contribution in [0.15, 0.2) is 78.9 Å². The van der Waals surface area contributed by atoms with Crippen LogP contribution in [-0.4, -0.2) is 29.3 Å². The molecule has 0 saturated heterocycles. The minimum atomic E-state index is -0.663. The SMILES string of the molecule is CCCNC(=O)[C@@H](Cc1ccccc1)N(Cc1ccc(F)cc1)C(=O)CCc1ccc(CC)cc1. The highest BCUT2D eigenvalue weighted by molar-refractivity contribution is 5.88. The van der Waals surface area contributed by atoms with E-state index in [9.17, 15) is 14.0 Å². The van der Waals surface area contributed by atoms with E-state index in [-0.39, 0.29) is 24.2 Å². The van der Waals surface area contributed by atoms with Gasteiger partial charge in [0.1, 0.15) is 11.9 Å². The fourth-order valence-corrected chi connectivity index (χ4v) is 4.04. The molecule has 3 rings (SSSR count).